The van der Waals surface area contributed by atoms with Crippen LogP contribution >= 0.6 is 23.2 Å². The standard InChI is InChI=1S/C12H12Cl2O8/c1-19-9(15)5(7(13)11(17)21-3)6(10(16)20-2)8(14)12(18)22-4/h1-4H3/b7-5+,8-6+. The van der Waals surface area contributed by atoms with Crippen LogP contribution in [0.15, 0.2) is 21.2 Å². The number of rotatable bonds is 5. The van der Waals surface area contributed by atoms with E-state index in [1.807, 2.05) is 0 Å². The molecule has 0 radical (unpaired) electrons. The zero-order chi connectivity index (χ0) is 17.4. The van der Waals surface area contributed by atoms with Crippen LogP contribution in [0.3, 0.4) is 0 Å². The molecule has 0 saturated heterocycles. The first-order chi connectivity index (χ1) is 10.3. The maximum atomic E-state index is 11.8. The number of hydrogen-bond acceptors (Lipinski definition) is 8. The Labute approximate surface area is 135 Å². The van der Waals surface area contributed by atoms with E-state index in [-0.39, 0.29) is 0 Å². The van der Waals surface area contributed by atoms with Crippen LogP contribution in [0.25, 0.3) is 0 Å². The summed E-state index contributed by atoms with van der Waals surface area (Å²) in [6, 6.07) is 0. The summed E-state index contributed by atoms with van der Waals surface area (Å²) < 4.78 is 17.5. The normalized spacial score (nSPS) is 12.5. The van der Waals surface area contributed by atoms with E-state index in [1.54, 1.807) is 0 Å². The van der Waals surface area contributed by atoms with E-state index in [0.29, 0.717) is 0 Å². The number of carbonyl (C=O) groups is 4. The van der Waals surface area contributed by atoms with Gasteiger partial charge in [0.2, 0.25) is 0 Å². The molecule has 0 aromatic carbocycles. The second kappa shape index (κ2) is 9.06. The van der Waals surface area contributed by atoms with Crippen LogP contribution in [0.5, 0.6) is 0 Å². The Hall–Kier alpha value is -2.06. The van der Waals surface area contributed by atoms with Crippen molar-refractivity contribution >= 4 is 47.1 Å². The van der Waals surface area contributed by atoms with Crippen molar-refractivity contribution in [2.45, 2.75) is 0 Å². The van der Waals surface area contributed by atoms with E-state index in [2.05, 4.69) is 18.9 Å². The van der Waals surface area contributed by atoms with Gasteiger partial charge in [-0.05, 0) is 0 Å². The number of methoxy groups -OCH3 is 4. The summed E-state index contributed by atoms with van der Waals surface area (Å²) in [5, 5.41) is -1.64. The quantitative estimate of drug-likeness (QED) is 0.307. The van der Waals surface area contributed by atoms with Gasteiger partial charge < -0.3 is 18.9 Å². The molecule has 0 rings (SSSR count). The molecule has 0 fully saturated rings. The molecule has 10 heteroatoms. The molecule has 0 bridgehead atoms. The fourth-order valence-electron chi connectivity index (χ4n) is 1.19. The molecule has 0 unspecified atom stereocenters. The van der Waals surface area contributed by atoms with Crippen LogP contribution in [0.2, 0.25) is 0 Å². The number of ether oxygens (including phenoxy) is 4. The Morgan fingerprint density at radius 3 is 0.955 bits per heavy atom. The minimum atomic E-state index is -1.21. The van der Waals surface area contributed by atoms with E-state index in [1.165, 1.54) is 0 Å². The molecule has 0 amide bonds. The third-order valence-electron chi connectivity index (χ3n) is 2.20. The third kappa shape index (κ3) is 4.47. The van der Waals surface area contributed by atoms with Gasteiger partial charge in [-0.1, -0.05) is 23.2 Å². The average Bonchev–Trinajstić information content (AvgIpc) is 2.55. The fraction of sp³-hybridized carbons (Fsp3) is 0.333. The van der Waals surface area contributed by atoms with E-state index >= 15 is 0 Å². The summed E-state index contributed by atoms with van der Waals surface area (Å²) in [4.78, 5) is 46.6. The first kappa shape index (κ1) is 19.9. The Morgan fingerprint density at radius 2 is 0.773 bits per heavy atom. The SMILES string of the molecule is COC(=O)/C(Cl)=C(C(=O)OC)/C(C(=O)OC)=C(\Cl)C(=O)OC. The minimum Gasteiger partial charge on any atom is -0.465 e. The highest BCUT2D eigenvalue weighted by molar-refractivity contribution is 6.47. The van der Waals surface area contributed by atoms with Gasteiger partial charge in [-0.25, -0.2) is 19.2 Å². The summed E-state index contributed by atoms with van der Waals surface area (Å²) in [5.74, 6) is -4.73. The Bertz CT molecular complexity index is 511. The molecule has 0 aliphatic heterocycles. The van der Waals surface area contributed by atoms with Gasteiger partial charge in [-0.3, -0.25) is 0 Å². The van der Waals surface area contributed by atoms with Crippen LogP contribution in [0.1, 0.15) is 0 Å². The van der Waals surface area contributed by atoms with Crippen molar-refractivity contribution in [2.75, 3.05) is 28.4 Å². The molecule has 0 heterocycles. The molecule has 0 aromatic heterocycles. The van der Waals surface area contributed by atoms with Crippen LogP contribution in [0.4, 0.5) is 0 Å². The highest BCUT2D eigenvalue weighted by Gasteiger charge is 2.33. The van der Waals surface area contributed by atoms with Gasteiger partial charge in [-0.15, -0.1) is 0 Å². The van der Waals surface area contributed by atoms with Crippen molar-refractivity contribution in [3.63, 3.8) is 0 Å². The van der Waals surface area contributed by atoms with Crippen molar-refractivity contribution in [2.24, 2.45) is 0 Å². The lowest BCUT2D eigenvalue weighted by atomic mass is 10.0. The predicted molar refractivity (Wildman–Crippen MR) is 73.8 cm³/mol. The van der Waals surface area contributed by atoms with E-state index < -0.39 is 45.1 Å². The third-order valence-corrected chi connectivity index (χ3v) is 2.88. The molecule has 122 valence electrons. The lowest BCUT2D eigenvalue weighted by Gasteiger charge is -2.12. The smallest absolute Gasteiger partial charge is 0.350 e. The van der Waals surface area contributed by atoms with Gasteiger partial charge in [0.25, 0.3) is 0 Å². The summed E-state index contributed by atoms with van der Waals surface area (Å²) in [6.45, 7) is 0. The zero-order valence-electron chi connectivity index (χ0n) is 12.0. The topological polar surface area (TPSA) is 105 Å². The summed E-state index contributed by atoms with van der Waals surface area (Å²) in [6.07, 6.45) is 0. The Kier molecular flexibility index (Phi) is 8.21. The monoisotopic (exact) mass is 354 g/mol. The molecular formula is C12H12Cl2O8. The molecular weight excluding hydrogens is 343 g/mol. The highest BCUT2D eigenvalue weighted by Crippen LogP contribution is 2.27. The summed E-state index contributed by atoms with van der Waals surface area (Å²) >= 11 is 11.4. The summed E-state index contributed by atoms with van der Waals surface area (Å²) in [5.41, 5.74) is -1.59. The zero-order valence-corrected chi connectivity index (χ0v) is 13.5. The number of halogens is 2. The lowest BCUT2D eigenvalue weighted by Crippen LogP contribution is -2.21. The molecule has 0 aromatic rings. The van der Waals surface area contributed by atoms with Crippen LogP contribution in [-0.4, -0.2) is 52.3 Å². The van der Waals surface area contributed by atoms with Crippen LogP contribution < -0.4 is 0 Å². The highest BCUT2D eigenvalue weighted by atomic mass is 35.5. The molecule has 0 aliphatic rings. The molecule has 0 aliphatic carbocycles. The lowest BCUT2D eigenvalue weighted by molar-refractivity contribution is -0.141. The van der Waals surface area contributed by atoms with Gasteiger partial charge in [0.05, 0.1) is 28.4 Å². The van der Waals surface area contributed by atoms with E-state index in [4.69, 9.17) is 23.2 Å². The first-order valence-corrected chi connectivity index (χ1v) is 6.15. The van der Waals surface area contributed by atoms with Gasteiger partial charge in [0, 0.05) is 0 Å². The average molecular weight is 355 g/mol. The molecule has 0 atom stereocenters. The summed E-state index contributed by atoms with van der Waals surface area (Å²) in [7, 11) is 3.90. The van der Waals surface area contributed by atoms with Gasteiger partial charge in [-0.2, -0.15) is 0 Å². The predicted octanol–water partition coefficient (Wildman–Crippen LogP) is 0.664. The van der Waals surface area contributed by atoms with Crippen LogP contribution in [-0.2, 0) is 38.1 Å². The minimum absolute atomic E-state index is 0.793. The first-order valence-electron chi connectivity index (χ1n) is 5.39. The van der Waals surface area contributed by atoms with Crippen LogP contribution in [0, 0.1) is 0 Å². The molecule has 8 nitrogen and oxygen atoms in total. The second-order valence-corrected chi connectivity index (χ2v) is 4.10. The number of carbonyl (C=O) groups excluding carboxylic acids is 4. The molecule has 0 N–H and O–H groups in total. The van der Waals surface area contributed by atoms with Gasteiger partial charge >= 0.3 is 23.9 Å². The largest absolute Gasteiger partial charge is 0.465 e. The molecule has 0 saturated carbocycles. The Morgan fingerprint density at radius 1 is 0.545 bits per heavy atom. The maximum absolute atomic E-state index is 11.8. The van der Waals surface area contributed by atoms with Crippen molar-refractivity contribution in [1.29, 1.82) is 0 Å². The molecule has 0 spiro atoms. The second-order valence-electron chi connectivity index (χ2n) is 3.34. The van der Waals surface area contributed by atoms with Crippen molar-refractivity contribution in [3.05, 3.63) is 21.2 Å². The number of esters is 4. The Balaban J connectivity index is 6.60. The van der Waals surface area contributed by atoms with Crippen molar-refractivity contribution in [3.8, 4) is 0 Å². The van der Waals surface area contributed by atoms with Gasteiger partial charge in [0.1, 0.15) is 21.2 Å². The van der Waals surface area contributed by atoms with Crippen molar-refractivity contribution in [1.82, 2.24) is 0 Å². The van der Waals surface area contributed by atoms with Crippen molar-refractivity contribution < 1.29 is 38.1 Å². The van der Waals surface area contributed by atoms with E-state index in [0.717, 1.165) is 28.4 Å². The van der Waals surface area contributed by atoms with E-state index in [9.17, 15) is 19.2 Å². The maximum Gasteiger partial charge on any atom is 0.350 e. The van der Waals surface area contributed by atoms with Gasteiger partial charge in [0.15, 0.2) is 0 Å². The molecule has 22 heavy (non-hydrogen) atoms. The number of hydrogen-bond donors (Lipinski definition) is 0. The fourth-order valence-corrected chi connectivity index (χ4v) is 1.69.